The first kappa shape index (κ1) is 16.3. The summed E-state index contributed by atoms with van der Waals surface area (Å²) < 4.78 is 6.51. The highest BCUT2D eigenvalue weighted by Crippen LogP contribution is 2.16. The molecule has 0 amide bonds. The van der Waals surface area contributed by atoms with E-state index in [1.807, 2.05) is 48.5 Å². The average molecular weight is 371 g/mol. The normalized spacial score (nSPS) is 12.1. The summed E-state index contributed by atoms with van der Waals surface area (Å²) >= 11 is 9.28. The Balaban J connectivity index is 1.67. The third-order valence-electron chi connectivity index (χ3n) is 2.85. The minimum Gasteiger partial charge on any atom is -0.491 e. The van der Waals surface area contributed by atoms with Gasteiger partial charge in [0.1, 0.15) is 18.5 Å². The number of aliphatic hydroxyl groups is 1. The Kier molecular flexibility index (Phi) is 6.51. The highest BCUT2D eigenvalue weighted by atomic mass is 79.9. The summed E-state index contributed by atoms with van der Waals surface area (Å²) in [5, 5.41) is 13.8. The largest absolute Gasteiger partial charge is 0.491 e. The maximum absolute atomic E-state index is 9.87. The average Bonchev–Trinajstić information content (AvgIpc) is 2.47. The summed E-state index contributed by atoms with van der Waals surface area (Å²) in [6.07, 6.45) is -0.562. The monoisotopic (exact) mass is 369 g/mol. The van der Waals surface area contributed by atoms with Crippen LogP contribution in [-0.4, -0.2) is 24.4 Å². The summed E-state index contributed by atoms with van der Waals surface area (Å²) in [6, 6.07) is 15.2. The molecule has 0 radical (unpaired) electrons. The lowest BCUT2D eigenvalue weighted by Gasteiger charge is -2.13. The van der Waals surface area contributed by atoms with Gasteiger partial charge in [0, 0.05) is 22.6 Å². The van der Waals surface area contributed by atoms with Crippen molar-refractivity contribution >= 4 is 27.5 Å². The predicted molar refractivity (Wildman–Crippen MR) is 88.8 cm³/mol. The molecule has 3 nitrogen and oxygen atoms in total. The van der Waals surface area contributed by atoms with Crippen LogP contribution in [0, 0.1) is 0 Å². The number of hydrogen-bond donors (Lipinski definition) is 2. The van der Waals surface area contributed by atoms with Gasteiger partial charge in [-0.25, -0.2) is 0 Å². The number of rotatable bonds is 7. The van der Waals surface area contributed by atoms with E-state index in [-0.39, 0.29) is 6.61 Å². The van der Waals surface area contributed by atoms with Crippen LogP contribution in [0.2, 0.25) is 5.02 Å². The Bertz CT molecular complexity index is 562. The molecule has 0 bridgehead atoms. The Morgan fingerprint density at radius 2 is 1.95 bits per heavy atom. The lowest BCUT2D eigenvalue weighted by molar-refractivity contribution is 0.106. The first-order valence-corrected chi connectivity index (χ1v) is 7.82. The maximum atomic E-state index is 9.87. The molecule has 1 atom stereocenters. The van der Waals surface area contributed by atoms with Crippen LogP contribution in [0.1, 0.15) is 5.56 Å². The molecule has 2 N–H and O–H groups in total. The molecule has 0 aliphatic heterocycles. The van der Waals surface area contributed by atoms with E-state index in [0.717, 1.165) is 15.8 Å². The SMILES string of the molecule is OC(CNCc1cccc(Cl)c1)COc1ccc(Br)cc1. The zero-order valence-corrected chi connectivity index (χ0v) is 13.8. The molecule has 21 heavy (non-hydrogen) atoms. The fourth-order valence-corrected chi connectivity index (χ4v) is 2.29. The van der Waals surface area contributed by atoms with Crippen LogP contribution < -0.4 is 10.1 Å². The molecule has 2 aromatic carbocycles. The zero-order valence-electron chi connectivity index (χ0n) is 11.4. The van der Waals surface area contributed by atoms with Crippen molar-refractivity contribution in [3.05, 3.63) is 63.6 Å². The number of ether oxygens (including phenoxy) is 1. The second kappa shape index (κ2) is 8.39. The lowest BCUT2D eigenvalue weighted by Crippen LogP contribution is -2.31. The molecule has 1 unspecified atom stereocenters. The highest BCUT2D eigenvalue weighted by molar-refractivity contribution is 9.10. The predicted octanol–water partition coefficient (Wildman–Crippen LogP) is 3.63. The topological polar surface area (TPSA) is 41.5 Å². The van der Waals surface area contributed by atoms with Crippen LogP contribution in [-0.2, 0) is 6.54 Å². The van der Waals surface area contributed by atoms with Gasteiger partial charge in [-0.05, 0) is 42.0 Å². The third kappa shape index (κ3) is 6.06. The Morgan fingerprint density at radius 1 is 1.19 bits per heavy atom. The number of halogens is 2. The zero-order chi connectivity index (χ0) is 15.1. The first-order chi connectivity index (χ1) is 10.1. The standard InChI is InChI=1S/C16H17BrClNO2/c17-13-4-6-16(7-5-13)21-11-15(20)10-19-9-12-2-1-3-14(18)8-12/h1-8,15,19-20H,9-11H2. The van der Waals surface area contributed by atoms with Gasteiger partial charge in [0.2, 0.25) is 0 Å². The van der Waals surface area contributed by atoms with E-state index < -0.39 is 6.10 Å². The van der Waals surface area contributed by atoms with Gasteiger partial charge in [0.25, 0.3) is 0 Å². The van der Waals surface area contributed by atoms with E-state index in [1.54, 1.807) is 0 Å². The molecule has 0 saturated carbocycles. The minimum absolute atomic E-state index is 0.254. The van der Waals surface area contributed by atoms with Crippen molar-refractivity contribution in [2.24, 2.45) is 0 Å². The van der Waals surface area contributed by atoms with Gasteiger partial charge in [-0.1, -0.05) is 39.7 Å². The fourth-order valence-electron chi connectivity index (χ4n) is 1.81. The molecule has 112 valence electrons. The third-order valence-corrected chi connectivity index (χ3v) is 3.62. The Hall–Kier alpha value is -1.07. The summed E-state index contributed by atoms with van der Waals surface area (Å²) in [5.41, 5.74) is 1.09. The molecule has 0 aliphatic rings. The number of aliphatic hydroxyl groups excluding tert-OH is 1. The molecule has 0 spiro atoms. The van der Waals surface area contributed by atoms with Gasteiger partial charge >= 0.3 is 0 Å². The van der Waals surface area contributed by atoms with Crippen molar-refractivity contribution in [2.75, 3.05) is 13.2 Å². The van der Waals surface area contributed by atoms with Crippen molar-refractivity contribution in [1.82, 2.24) is 5.32 Å². The van der Waals surface area contributed by atoms with E-state index >= 15 is 0 Å². The van der Waals surface area contributed by atoms with Gasteiger partial charge in [-0.15, -0.1) is 0 Å². The van der Waals surface area contributed by atoms with Crippen LogP contribution in [0.4, 0.5) is 0 Å². The molecule has 5 heteroatoms. The van der Waals surface area contributed by atoms with E-state index in [4.69, 9.17) is 16.3 Å². The summed E-state index contributed by atoms with van der Waals surface area (Å²) in [6.45, 7) is 1.38. The molecule has 2 aromatic rings. The van der Waals surface area contributed by atoms with Crippen molar-refractivity contribution < 1.29 is 9.84 Å². The number of benzene rings is 2. The van der Waals surface area contributed by atoms with Gasteiger partial charge in [0.15, 0.2) is 0 Å². The maximum Gasteiger partial charge on any atom is 0.119 e. The Labute approximate surface area is 138 Å². The molecule has 0 saturated heterocycles. The minimum atomic E-state index is -0.562. The second-order valence-electron chi connectivity index (χ2n) is 4.68. The van der Waals surface area contributed by atoms with Crippen molar-refractivity contribution in [3.63, 3.8) is 0 Å². The summed E-state index contributed by atoms with van der Waals surface area (Å²) in [5.74, 6) is 0.743. The molecule has 0 heterocycles. The smallest absolute Gasteiger partial charge is 0.119 e. The lowest BCUT2D eigenvalue weighted by atomic mass is 10.2. The molecule has 0 fully saturated rings. The fraction of sp³-hybridized carbons (Fsp3) is 0.250. The van der Waals surface area contributed by atoms with Crippen LogP contribution in [0.5, 0.6) is 5.75 Å². The van der Waals surface area contributed by atoms with Gasteiger partial charge in [-0.2, -0.15) is 0 Å². The van der Waals surface area contributed by atoms with E-state index in [9.17, 15) is 5.11 Å². The first-order valence-electron chi connectivity index (χ1n) is 6.65. The van der Waals surface area contributed by atoms with Crippen molar-refractivity contribution in [1.29, 1.82) is 0 Å². The summed E-state index contributed by atoms with van der Waals surface area (Å²) in [4.78, 5) is 0. The van der Waals surface area contributed by atoms with E-state index in [2.05, 4.69) is 21.2 Å². The van der Waals surface area contributed by atoms with Crippen LogP contribution in [0.25, 0.3) is 0 Å². The van der Waals surface area contributed by atoms with Gasteiger partial charge in [0.05, 0.1) is 0 Å². The van der Waals surface area contributed by atoms with Gasteiger partial charge < -0.3 is 15.2 Å². The molecule has 2 rings (SSSR count). The summed E-state index contributed by atoms with van der Waals surface area (Å²) in [7, 11) is 0. The molecular formula is C16H17BrClNO2. The van der Waals surface area contributed by atoms with Crippen molar-refractivity contribution in [3.8, 4) is 5.75 Å². The quantitative estimate of drug-likeness (QED) is 0.782. The van der Waals surface area contributed by atoms with Crippen LogP contribution in [0.15, 0.2) is 53.0 Å². The van der Waals surface area contributed by atoms with E-state index in [1.165, 1.54) is 0 Å². The van der Waals surface area contributed by atoms with Crippen molar-refractivity contribution in [2.45, 2.75) is 12.6 Å². The molecular weight excluding hydrogens is 354 g/mol. The van der Waals surface area contributed by atoms with E-state index in [0.29, 0.717) is 18.1 Å². The van der Waals surface area contributed by atoms with Crippen LogP contribution >= 0.6 is 27.5 Å². The number of nitrogens with one attached hydrogen (secondary N) is 1. The highest BCUT2D eigenvalue weighted by Gasteiger charge is 2.05. The molecule has 0 aromatic heterocycles. The number of hydrogen-bond acceptors (Lipinski definition) is 3. The van der Waals surface area contributed by atoms with Crippen LogP contribution in [0.3, 0.4) is 0 Å². The van der Waals surface area contributed by atoms with Gasteiger partial charge in [-0.3, -0.25) is 0 Å². The molecule has 0 aliphatic carbocycles. The Morgan fingerprint density at radius 3 is 2.67 bits per heavy atom. The second-order valence-corrected chi connectivity index (χ2v) is 6.03.